The lowest BCUT2D eigenvalue weighted by Crippen LogP contribution is -2.46. The number of aryl methyl sites for hydroxylation is 1. The van der Waals surface area contributed by atoms with Gasteiger partial charge in [-0.2, -0.15) is 0 Å². The second-order valence-corrected chi connectivity index (χ2v) is 8.60. The van der Waals surface area contributed by atoms with Crippen molar-refractivity contribution in [2.45, 2.75) is 19.9 Å². The van der Waals surface area contributed by atoms with E-state index in [0.29, 0.717) is 16.6 Å². The predicted octanol–water partition coefficient (Wildman–Crippen LogP) is 4.63. The molecule has 0 radical (unpaired) electrons. The Hall–Kier alpha value is -4.02. The number of amides is 2. The van der Waals surface area contributed by atoms with Crippen LogP contribution >= 0.6 is 11.3 Å². The monoisotopic (exact) mass is 521 g/mol. The second kappa shape index (κ2) is 13.3. The van der Waals surface area contributed by atoms with Gasteiger partial charge in [0.2, 0.25) is 5.88 Å². The number of methoxy groups -OCH3 is 2. The Balaban J connectivity index is 0.00000186. The van der Waals surface area contributed by atoms with Crippen molar-refractivity contribution in [1.82, 2.24) is 19.9 Å². The van der Waals surface area contributed by atoms with E-state index >= 15 is 0 Å². The zero-order chi connectivity index (χ0) is 26.8. The molecular weight excluding hydrogens is 490 g/mol. The van der Waals surface area contributed by atoms with E-state index in [1.54, 1.807) is 36.3 Å². The van der Waals surface area contributed by atoms with Gasteiger partial charge in [-0.3, -0.25) is 9.59 Å². The molecule has 3 heterocycles. The van der Waals surface area contributed by atoms with Crippen LogP contribution in [0, 0.1) is 0 Å². The maximum atomic E-state index is 12.9. The standard InChI is InChI=1S/C25H25N5O4S.C2H6/c1-30-10-8-19(13-30)23(31)27-20(14-33-2)24(32)29-25-28-21(15-35-25)18-6-4-5-16(11-18)17-7-9-26-22(12-17)34-3;1-2/h4-13,15,20H,14H2,1-3H3,(H,27,31)(H,28,29,32);1-2H3. The Kier molecular flexibility index (Phi) is 9.93. The van der Waals surface area contributed by atoms with E-state index in [2.05, 4.69) is 20.6 Å². The first-order valence-electron chi connectivity index (χ1n) is 11.8. The molecule has 2 N–H and O–H groups in total. The van der Waals surface area contributed by atoms with E-state index < -0.39 is 11.9 Å². The van der Waals surface area contributed by atoms with Crippen LogP contribution in [0.2, 0.25) is 0 Å². The highest BCUT2D eigenvalue weighted by molar-refractivity contribution is 7.14. The molecule has 0 aliphatic heterocycles. The fourth-order valence-electron chi connectivity index (χ4n) is 3.44. The molecule has 0 fully saturated rings. The van der Waals surface area contributed by atoms with Crippen molar-refractivity contribution in [3.63, 3.8) is 0 Å². The molecule has 1 aromatic carbocycles. The van der Waals surface area contributed by atoms with Crippen molar-refractivity contribution in [2.24, 2.45) is 7.05 Å². The first kappa shape index (κ1) is 27.6. The summed E-state index contributed by atoms with van der Waals surface area (Å²) in [5.74, 6) is -0.224. The highest BCUT2D eigenvalue weighted by Gasteiger charge is 2.23. The summed E-state index contributed by atoms with van der Waals surface area (Å²) in [6.07, 6.45) is 5.14. The molecular formula is C27H31N5O4S. The molecule has 3 aromatic heterocycles. The molecule has 1 atom stereocenters. The van der Waals surface area contributed by atoms with Gasteiger partial charge in [0.05, 0.1) is 25.0 Å². The van der Waals surface area contributed by atoms with Gasteiger partial charge in [-0.1, -0.05) is 32.0 Å². The minimum Gasteiger partial charge on any atom is -0.481 e. The summed E-state index contributed by atoms with van der Waals surface area (Å²) in [7, 11) is 4.87. The lowest BCUT2D eigenvalue weighted by atomic mass is 10.0. The Morgan fingerprint density at radius 2 is 1.84 bits per heavy atom. The molecule has 2 amide bonds. The number of carbonyl (C=O) groups excluding carboxylic acids is 2. The highest BCUT2D eigenvalue weighted by Crippen LogP contribution is 2.29. The third-order valence-corrected chi connectivity index (χ3v) is 5.98. The molecule has 0 saturated carbocycles. The number of aromatic nitrogens is 3. The zero-order valence-electron chi connectivity index (χ0n) is 21.5. The third-order valence-electron chi connectivity index (χ3n) is 5.22. The molecule has 10 heteroatoms. The molecule has 4 rings (SSSR count). The normalized spacial score (nSPS) is 11.2. The van der Waals surface area contributed by atoms with Crippen molar-refractivity contribution in [2.75, 3.05) is 26.1 Å². The number of nitrogens with one attached hydrogen (secondary N) is 2. The number of hydrogen-bond acceptors (Lipinski definition) is 7. The SMILES string of the molecule is CC.COCC(NC(=O)c1ccn(C)c1)C(=O)Nc1nc(-c2cccc(-c3ccnc(OC)c3)c2)cs1. The van der Waals surface area contributed by atoms with Crippen LogP contribution in [0.3, 0.4) is 0 Å². The van der Waals surface area contributed by atoms with E-state index in [1.807, 2.05) is 62.7 Å². The maximum absolute atomic E-state index is 12.9. The number of carbonyl (C=O) groups is 2. The van der Waals surface area contributed by atoms with Crippen LogP contribution < -0.4 is 15.4 Å². The number of rotatable bonds is 9. The van der Waals surface area contributed by atoms with Gasteiger partial charge in [0, 0.05) is 49.8 Å². The predicted molar refractivity (Wildman–Crippen MR) is 146 cm³/mol. The smallest absolute Gasteiger partial charge is 0.253 e. The van der Waals surface area contributed by atoms with Gasteiger partial charge in [-0.05, 0) is 29.3 Å². The summed E-state index contributed by atoms with van der Waals surface area (Å²) in [5, 5.41) is 7.80. The Bertz CT molecular complexity index is 1330. The fraction of sp³-hybridized carbons (Fsp3) is 0.259. The number of ether oxygens (including phenoxy) is 2. The number of pyridine rings is 1. The summed E-state index contributed by atoms with van der Waals surface area (Å²) >= 11 is 1.30. The lowest BCUT2D eigenvalue weighted by molar-refractivity contribution is -0.119. The van der Waals surface area contributed by atoms with Gasteiger partial charge < -0.3 is 24.7 Å². The average molecular weight is 522 g/mol. The minimum atomic E-state index is -0.870. The van der Waals surface area contributed by atoms with Gasteiger partial charge in [0.25, 0.3) is 11.8 Å². The van der Waals surface area contributed by atoms with Crippen molar-refractivity contribution < 1.29 is 19.1 Å². The van der Waals surface area contributed by atoms with E-state index in [4.69, 9.17) is 9.47 Å². The van der Waals surface area contributed by atoms with E-state index in [-0.39, 0.29) is 12.5 Å². The molecule has 0 aliphatic rings. The maximum Gasteiger partial charge on any atom is 0.253 e. The topological polar surface area (TPSA) is 107 Å². The van der Waals surface area contributed by atoms with Gasteiger partial charge >= 0.3 is 0 Å². The fourth-order valence-corrected chi connectivity index (χ4v) is 4.17. The van der Waals surface area contributed by atoms with Crippen LogP contribution in [0.4, 0.5) is 5.13 Å². The molecule has 0 bridgehead atoms. The largest absolute Gasteiger partial charge is 0.481 e. The first-order chi connectivity index (χ1) is 18.0. The van der Waals surface area contributed by atoms with E-state index in [1.165, 1.54) is 18.4 Å². The Morgan fingerprint density at radius 1 is 1.08 bits per heavy atom. The van der Waals surface area contributed by atoms with Crippen LogP contribution in [-0.4, -0.2) is 53.2 Å². The van der Waals surface area contributed by atoms with Gasteiger partial charge in [-0.15, -0.1) is 11.3 Å². The van der Waals surface area contributed by atoms with Crippen molar-refractivity contribution >= 4 is 28.3 Å². The van der Waals surface area contributed by atoms with Crippen molar-refractivity contribution in [1.29, 1.82) is 0 Å². The molecule has 0 aliphatic carbocycles. The van der Waals surface area contributed by atoms with Crippen LogP contribution in [-0.2, 0) is 16.6 Å². The van der Waals surface area contributed by atoms with Gasteiger partial charge in [-0.25, -0.2) is 9.97 Å². The molecule has 1 unspecified atom stereocenters. The summed E-state index contributed by atoms with van der Waals surface area (Å²) in [5.41, 5.74) is 4.06. The van der Waals surface area contributed by atoms with Crippen molar-refractivity contribution in [3.05, 3.63) is 72.0 Å². The molecule has 37 heavy (non-hydrogen) atoms. The minimum absolute atomic E-state index is 0.0279. The lowest BCUT2D eigenvalue weighted by Gasteiger charge is -2.16. The number of hydrogen-bond donors (Lipinski definition) is 2. The van der Waals surface area contributed by atoms with Crippen LogP contribution in [0.25, 0.3) is 22.4 Å². The Labute approximate surface area is 220 Å². The summed E-state index contributed by atoms with van der Waals surface area (Å²) in [4.78, 5) is 34.1. The summed E-state index contributed by atoms with van der Waals surface area (Å²) in [6, 6.07) is 12.5. The first-order valence-corrected chi connectivity index (χ1v) is 12.6. The second-order valence-electron chi connectivity index (χ2n) is 7.74. The zero-order valence-corrected chi connectivity index (χ0v) is 22.3. The van der Waals surface area contributed by atoms with Gasteiger partial charge in [0.1, 0.15) is 6.04 Å². The van der Waals surface area contributed by atoms with Crippen LogP contribution in [0.15, 0.2) is 66.4 Å². The number of thiazole rings is 1. The van der Waals surface area contributed by atoms with Crippen molar-refractivity contribution in [3.8, 4) is 28.3 Å². The molecule has 4 aromatic rings. The average Bonchev–Trinajstić information content (AvgIpc) is 3.59. The van der Waals surface area contributed by atoms with Crippen LogP contribution in [0.1, 0.15) is 24.2 Å². The van der Waals surface area contributed by atoms with Gasteiger partial charge in [0.15, 0.2) is 5.13 Å². The molecule has 9 nitrogen and oxygen atoms in total. The van der Waals surface area contributed by atoms with E-state index in [0.717, 1.165) is 22.4 Å². The number of nitrogens with zero attached hydrogens (tertiary/aromatic N) is 3. The molecule has 0 saturated heterocycles. The van der Waals surface area contributed by atoms with Crippen LogP contribution in [0.5, 0.6) is 5.88 Å². The number of anilines is 1. The molecule has 0 spiro atoms. The molecule has 194 valence electrons. The number of benzene rings is 1. The summed E-state index contributed by atoms with van der Waals surface area (Å²) in [6.45, 7) is 4.03. The highest BCUT2D eigenvalue weighted by atomic mass is 32.1. The quantitative estimate of drug-likeness (QED) is 0.333. The third kappa shape index (κ3) is 7.25. The summed E-state index contributed by atoms with van der Waals surface area (Å²) < 4.78 is 12.1. The Morgan fingerprint density at radius 3 is 2.54 bits per heavy atom. The van der Waals surface area contributed by atoms with E-state index in [9.17, 15) is 9.59 Å².